The van der Waals surface area contributed by atoms with Gasteiger partial charge in [0.05, 0.1) is 6.04 Å². The Kier molecular flexibility index (Phi) is 4.88. The molecule has 2 N–H and O–H groups in total. The van der Waals surface area contributed by atoms with E-state index in [0.717, 1.165) is 30.6 Å². The van der Waals surface area contributed by atoms with Crippen LogP contribution >= 0.6 is 11.8 Å². The number of hydrogen-bond donors (Lipinski definition) is 2. The third kappa shape index (κ3) is 3.22. The predicted octanol–water partition coefficient (Wildman–Crippen LogP) is 2.78. The van der Waals surface area contributed by atoms with Crippen LogP contribution in [0.1, 0.15) is 30.9 Å². The molecular weight excluding hydrogens is 303 g/mol. The molecule has 3 rings (SSSR count). The normalized spacial score (nSPS) is 22.3. The molecule has 1 atom stereocenters. The van der Waals surface area contributed by atoms with Crippen LogP contribution in [0, 0.1) is 11.7 Å². The number of fused-ring (bicyclic) bond motifs is 1. The minimum Gasteiger partial charge on any atom is -0.396 e. The number of urea groups is 1. The molecular formula is C16H21FN2O2S. The van der Waals surface area contributed by atoms with Crippen molar-refractivity contribution in [3.63, 3.8) is 0 Å². The SMILES string of the molecule is O=C(NC1CCSc2c(F)cccc21)N1CCC(CO)CC1. The van der Waals surface area contributed by atoms with E-state index in [2.05, 4.69) is 5.32 Å². The van der Waals surface area contributed by atoms with E-state index in [-0.39, 0.29) is 24.5 Å². The monoisotopic (exact) mass is 324 g/mol. The van der Waals surface area contributed by atoms with E-state index in [9.17, 15) is 9.18 Å². The zero-order chi connectivity index (χ0) is 15.5. The smallest absolute Gasteiger partial charge is 0.317 e. The van der Waals surface area contributed by atoms with E-state index in [1.807, 2.05) is 6.07 Å². The summed E-state index contributed by atoms with van der Waals surface area (Å²) in [5, 5.41) is 12.2. The van der Waals surface area contributed by atoms with Crippen LogP contribution in [0.2, 0.25) is 0 Å². The van der Waals surface area contributed by atoms with Crippen molar-refractivity contribution >= 4 is 17.8 Å². The summed E-state index contributed by atoms with van der Waals surface area (Å²) >= 11 is 1.52. The van der Waals surface area contributed by atoms with Crippen molar-refractivity contribution < 1.29 is 14.3 Å². The highest BCUT2D eigenvalue weighted by atomic mass is 32.2. The standard InChI is InChI=1S/C16H21FN2O2S/c17-13-3-1-2-12-14(6-9-22-15(12)13)18-16(21)19-7-4-11(10-20)5-8-19/h1-3,11,14,20H,4-10H2,(H,18,21). The second-order valence-corrected chi connectivity index (χ2v) is 7.02. The van der Waals surface area contributed by atoms with Crippen LogP contribution in [-0.2, 0) is 0 Å². The van der Waals surface area contributed by atoms with E-state index in [0.29, 0.717) is 23.9 Å². The molecule has 6 heteroatoms. The van der Waals surface area contributed by atoms with Crippen LogP contribution in [0.25, 0.3) is 0 Å². The van der Waals surface area contributed by atoms with Gasteiger partial charge in [-0.3, -0.25) is 0 Å². The first kappa shape index (κ1) is 15.6. The van der Waals surface area contributed by atoms with Crippen molar-refractivity contribution in [1.29, 1.82) is 0 Å². The summed E-state index contributed by atoms with van der Waals surface area (Å²) < 4.78 is 13.9. The maximum absolute atomic E-state index is 13.9. The Labute approximate surface area is 134 Å². The summed E-state index contributed by atoms with van der Waals surface area (Å²) in [4.78, 5) is 14.9. The van der Waals surface area contributed by atoms with Crippen molar-refractivity contribution in [1.82, 2.24) is 10.2 Å². The number of likely N-dealkylation sites (tertiary alicyclic amines) is 1. The molecule has 1 aromatic rings. The van der Waals surface area contributed by atoms with E-state index >= 15 is 0 Å². The molecule has 1 aromatic carbocycles. The largest absolute Gasteiger partial charge is 0.396 e. The molecule has 2 heterocycles. The lowest BCUT2D eigenvalue weighted by atomic mass is 9.98. The molecule has 0 aromatic heterocycles. The molecule has 0 saturated carbocycles. The van der Waals surface area contributed by atoms with Crippen molar-refractivity contribution in [3.05, 3.63) is 29.6 Å². The zero-order valence-electron chi connectivity index (χ0n) is 12.4. The molecule has 0 aliphatic carbocycles. The lowest BCUT2D eigenvalue weighted by Gasteiger charge is -2.33. The number of rotatable bonds is 2. The topological polar surface area (TPSA) is 52.6 Å². The Hall–Kier alpha value is -1.27. The first-order valence-corrected chi connectivity index (χ1v) is 8.75. The number of nitrogens with one attached hydrogen (secondary N) is 1. The number of carbonyl (C=O) groups excluding carboxylic acids is 1. The molecule has 1 saturated heterocycles. The van der Waals surface area contributed by atoms with Gasteiger partial charge in [0.1, 0.15) is 5.82 Å². The third-order valence-corrected chi connectivity index (χ3v) is 5.64. The van der Waals surface area contributed by atoms with Gasteiger partial charge in [-0.1, -0.05) is 12.1 Å². The Morgan fingerprint density at radius 2 is 2.14 bits per heavy atom. The second kappa shape index (κ2) is 6.87. The number of aliphatic hydroxyl groups is 1. The molecule has 4 nitrogen and oxygen atoms in total. The van der Waals surface area contributed by atoms with Crippen LogP contribution in [-0.4, -0.2) is 41.5 Å². The number of benzene rings is 1. The molecule has 0 spiro atoms. The minimum absolute atomic E-state index is 0.0801. The van der Waals surface area contributed by atoms with Gasteiger partial charge < -0.3 is 15.3 Å². The van der Waals surface area contributed by atoms with Crippen molar-refractivity contribution in [2.75, 3.05) is 25.4 Å². The molecule has 2 amide bonds. The first-order chi connectivity index (χ1) is 10.7. The van der Waals surface area contributed by atoms with Gasteiger partial charge >= 0.3 is 6.03 Å². The molecule has 2 aliphatic heterocycles. The number of piperidine rings is 1. The summed E-state index contributed by atoms with van der Waals surface area (Å²) in [5.74, 6) is 0.918. The van der Waals surface area contributed by atoms with Gasteiger partial charge in [0.15, 0.2) is 0 Å². The number of halogens is 1. The Bertz CT molecular complexity index is 547. The fourth-order valence-corrected chi connectivity index (χ4v) is 4.24. The minimum atomic E-state index is -0.204. The number of thioether (sulfide) groups is 1. The molecule has 0 radical (unpaired) electrons. The fourth-order valence-electron chi connectivity index (χ4n) is 3.10. The lowest BCUT2D eigenvalue weighted by molar-refractivity contribution is 0.135. The average molecular weight is 324 g/mol. The maximum atomic E-state index is 13.9. The summed E-state index contributed by atoms with van der Waals surface area (Å²) in [6, 6.07) is 4.87. The average Bonchev–Trinajstić information content (AvgIpc) is 2.56. The van der Waals surface area contributed by atoms with E-state index in [1.54, 1.807) is 11.0 Å². The van der Waals surface area contributed by atoms with Gasteiger partial charge in [0, 0.05) is 30.3 Å². The van der Waals surface area contributed by atoms with Crippen LogP contribution in [0.15, 0.2) is 23.1 Å². The number of carbonyl (C=O) groups is 1. The fraction of sp³-hybridized carbons (Fsp3) is 0.562. The van der Waals surface area contributed by atoms with Crippen LogP contribution in [0.5, 0.6) is 0 Å². The van der Waals surface area contributed by atoms with Crippen molar-refractivity contribution in [2.45, 2.75) is 30.2 Å². The summed E-state index contributed by atoms with van der Waals surface area (Å²) in [7, 11) is 0. The second-order valence-electron chi connectivity index (χ2n) is 5.91. The first-order valence-electron chi connectivity index (χ1n) is 7.76. The summed E-state index contributed by atoms with van der Waals surface area (Å²) in [6.07, 6.45) is 2.51. The van der Waals surface area contributed by atoms with Gasteiger partial charge in [-0.05, 0) is 36.8 Å². The highest BCUT2D eigenvalue weighted by Gasteiger charge is 2.28. The highest BCUT2D eigenvalue weighted by Crippen LogP contribution is 2.37. The number of aliphatic hydroxyl groups excluding tert-OH is 1. The lowest BCUT2D eigenvalue weighted by Crippen LogP contribution is -2.46. The van der Waals surface area contributed by atoms with Gasteiger partial charge in [-0.2, -0.15) is 0 Å². The van der Waals surface area contributed by atoms with Crippen LogP contribution in [0.4, 0.5) is 9.18 Å². The zero-order valence-corrected chi connectivity index (χ0v) is 13.2. The van der Waals surface area contributed by atoms with Crippen molar-refractivity contribution in [3.8, 4) is 0 Å². The third-order valence-electron chi connectivity index (χ3n) is 4.48. The van der Waals surface area contributed by atoms with Gasteiger partial charge in [-0.25, -0.2) is 9.18 Å². The van der Waals surface area contributed by atoms with Crippen LogP contribution < -0.4 is 5.32 Å². The molecule has 0 bridgehead atoms. The van der Waals surface area contributed by atoms with Crippen molar-refractivity contribution in [2.24, 2.45) is 5.92 Å². The van der Waals surface area contributed by atoms with E-state index < -0.39 is 0 Å². The quantitative estimate of drug-likeness (QED) is 0.879. The van der Waals surface area contributed by atoms with Gasteiger partial charge in [0.25, 0.3) is 0 Å². The Morgan fingerprint density at radius 1 is 1.36 bits per heavy atom. The van der Waals surface area contributed by atoms with Crippen LogP contribution in [0.3, 0.4) is 0 Å². The van der Waals surface area contributed by atoms with Gasteiger partial charge in [-0.15, -0.1) is 11.8 Å². The Balaban J connectivity index is 1.65. The summed E-state index contributed by atoms with van der Waals surface area (Å²) in [6.45, 7) is 1.55. The molecule has 120 valence electrons. The summed E-state index contributed by atoms with van der Waals surface area (Å²) in [5.41, 5.74) is 0.884. The van der Waals surface area contributed by atoms with E-state index in [1.165, 1.54) is 17.8 Å². The number of amides is 2. The molecule has 1 unspecified atom stereocenters. The van der Waals surface area contributed by atoms with Gasteiger partial charge in [0.2, 0.25) is 0 Å². The Morgan fingerprint density at radius 3 is 2.86 bits per heavy atom. The maximum Gasteiger partial charge on any atom is 0.317 e. The highest BCUT2D eigenvalue weighted by molar-refractivity contribution is 7.99. The molecule has 22 heavy (non-hydrogen) atoms. The van der Waals surface area contributed by atoms with E-state index in [4.69, 9.17) is 5.11 Å². The number of nitrogens with zero attached hydrogens (tertiary/aromatic N) is 1. The molecule has 2 aliphatic rings. The number of hydrogen-bond acceptors (Lipinski definition) is 3. The molecule has 1 fully saturated rings. The predicted molar refractivity (Wildman–Crippen MR) is 84.4 cm³/mol.